The summed E-state index contributed by atoms with van der Waals surface area (Å²) < 4.78 is 5.57. The number of nitrogens with one attached hydrogen (secondary N) is 1. The van der Waals surface area contributed by atoms with Crippen LogP contribution in [0.1, 0.15) is 45.6 Å². The number of carbonyl (C=O) groups excluding carboxylic acids is 2. The van der Waals surface area contributed by atoms with Crippen LogP contribution in [0.5, 0.6) is 0 Å². The molecule has 116 valence electrons. The van der Waals surface area contributed by atoms with Gasteiger partial charge in [-0.15, -0.1) is 0 Å². The third-order valence-corrected chi connectivity index (χ3v) is 4.20. The molecule has 2 unspecified atom stereocenters. The minimum absolute atomic E-state index is 0.0441. The molecule has 1 aromatic rings. The van der Waals surface area contributed by atoms with Crippen molar-refractivity contribution in [3.05, 3.63) is 23.7 Å². The fourth-order valence-electron chi connectivity index (χ4n) is 2.79. The number of hydrogen-bond donors (Lipinski definition) is 1. The molecule has 0 aromatic carbocycles. The molecule has 2 atom stereocenters. The number of rotatable bonds is 4. The molecule has 0 bridgehead atoms. The monoisotopic (exact) mass is 292 g/mol. The lowest BCUT2D eigenvalue weighted by Gasteiger charge is -2.45. The summed E-state index contributed by atoms with van der Waals surface area (Å²) in [5, 5.41) is 2.88. The maximum absolute atomic E-state index is 12.8. The predicted octanol–water partition coefficient (Wildman–Crippen LogP) is 2.24. The summed E-state index contributed by atoms with van der Waals surface area (Å²) in [5.41, 5.74) is -0.829. The highest BCUT2D eigenvalue weighted by molar-refractivity contribution is 5.99. The van der Waals surface area contributed by atoms with Crippen LogP contribution in [-0.4, -0.2) is 28.3 Å². The second kappa shape index (κ2) is 5.54. The van der Waals surface area contributed by atoms with Gasteiger partial charge in [0.25, 0.3) is 0 Å². The first-order valence-corrected chi connectivity index (χ1v) is 7.47. The van der Waals surface area contributed by atoms with Crippen LogP contribution in [0.2, 0.25) is 0 Å². The van der Waals surface area contributed by atoms with Gasteiger partial charge in [-0.1, -0.05) is 20.8 Å². The molecule has 5 nitrogen and oxygen atoms in total. The smallest absolute Gasteiger partial charge is 0.249 e. The lowest BCUT2D eigenvalue weighted by Crippen LogP contribution is -2.69. The van der Waals surface area contributed by atoms with Gasteiger partial charge in [0.05, 0.1) is 6.54 Å². The Labute approximate surface area is 125 Å². The van der Waals surface area contributed by atoms with Crippen LogP contribution in [0.4, 0.5) is 0 Å². The first kappa shape index (κ1) is 15.6. The standard InChI is InChI=1S/C16H24N2O3/c1-6-16(5)15(20)18(9-12-8-7-11(4)21-12)13(10(2)3)14(19)17-16/h7-8,10,13H,6,9H2,1-5H3,(H,17,19). The van der Waals surface area contributed by atoms with Gasteiger partial charge in [0, 0.05) is 0 Å². The van der Waals surface area contributed by atoms with Crippen molar-refractivity contribution in [1.29, 1.82) is 0 Å². The first-order valence-electron chi connectivity index (χ1n) is 7.47. The van der Waals surface area contributed by atoms with Crippen molar-refractivity contribution in [1.82, 2.24) is 10.2 Å². The zero-order valence-electron chi connectivity index (χ0n) is 13.4. The average Bonchev–Trinajstić information content (AvgIpc) is 2.80. The highest BCUT2D eigenvalue weighted by atomic mass is 16.3. The number of piperazine rings is 1. The third-order valence-electron chi connectivity index (χ3n) is 4.20. The van der Waals surface area contributed by atoms with Gasteiger partial charge < -0.3 is 14.6 Å². The molecule has 5 heteroatoms. The van der Waals surface area contributed by atoms with Crippen LogP contribution >= 0.6 is 0 Å². The van der Waals surface area contributed by atoms with Gasteiger partial charge in [-0.25, -0.2) is 0 Å². The number of hydrogen-bond acceptors (Lipinski definition) is 3. The summed E-state index contributed by atoms with van der Waals surface area (Å²) in [5.74, 6) is 1.43. The van der Waals surface area contributed by atoms with E-state index in [-0.39, 0.29) is 17.7 Å². The fourth-order valence-corrected chi connectivity index (χ4v) is 2.79. The van der Waals surface area contributed by atoms with Crippen molar-refractivity contribution in [2.24, 2.45) is 5.92 Å². The topological polar surface area (TPSA) is 62.6 Å². The highest BCUT2D eigenvalue weighted by Gasteiger charge is 2.48. The van der Waals surface area contributed by atoms with Crippen LogP contribution in [0.25, 0.3) is 0 Å². The first-order chi connectivity index (χ1) is 9.78. The van der Waals surface area contributed by atoms with E-state index < -0.39 is 11.6 Å². The van der Waals surface area contributed by atoms with Crippen molar-refractivity contribution in [3.63, 3.8) is 0 Å². The Hall–Kier alpha value is -1.78. The molecule has 2 rings (SSSR count). The van der Waals surface area contributed by atoms with Crippen LogP contribution in [0.3, 0.4) is 0 Å². The summed E-state index contributed by atoms with van der Waals surface area (Å²) >= 11 is 0. The quantitative estimate of drug-likeness (QED) is 0.925. The molecule has 2 heterocycles. The molecule has 1 aromatic heterocycles. The van der Waals surface area contributed by atoms with Crippen molar-refractivity contribution < 1.29 is 14.0 Å². The Morgan fingerprint density at radius 2 is 2.05 bits per heavy atom. The molecular weight excluding hydrogens is 268 g/mol. The average molecular weight is 292 g/mol. The normalized spacial score (nSPS) is 26.4. The number of carbonyl (C=O) groups is 2. The molecule has 1 aliphatic heterocycles. The third kappa shape index (κ3) is 2.82. The van der Waals surface area contributed by atoms with Crippen LogP contribution in [-0.2, 0) is 16.1 Å². The second-order valence-corrected chi connectivity index (χ2v) is 6.31. The largest absolute Gasteiger partial charge is 0.464 e. The Kier molecular flexibility index (Phi) is 4.12. The summed E-state index contributed by atoms with van der Waals surface area (Å²) in [6.45, 7) is 9.79. The maximum atomic E-state index is 12.8. The maximum Gasteiger partial charge on any atom is 0.249 e. The zero-order valence-corrected chi connectivity index (χ0v) is 13.4. The minimum Gasteiger partial charge on any atom is -0.464 e. The van der Waals surface area contributed by atoms with Gasteiger partial charge in [-0.05, 0) is 38.3 Å². The SMILES string of the molecule is CCC1(C)NC(=O)C(C(C)C)N(Cc2ccc(C)o2)C1=O. The second-order valence-electron chi connectivity index (χ2n) is 6.31. The number of furan rings is 1. The number of aryl methyl sites for hydroxylation is 1. The summed E-state index contributed by atoms with van der Waals surface area (Å²) in [7, 11) is 0. The Balaban J connectivity index is 2.34. The van der Waals surface area contributed by atoms with E-state index in [0.717, 1.165) is 5.76 Å². The number of amides is 2. The van der Waals surface area contributed by atoms with Crippen LogP contribution in [0, 0.1) is 12.8 Å². The van der Waals surface area contributed by atoms with E-state index in [0.29, 0.717) is 18.7 Å². The van der Waals surface area contributed by atoms with Crippen LogP contribution < -0.4 is 5.32 Å². The molecule has 0 radical (unpaired) electrons. The van der Waals surface area contributed by atoms with Gasteiger partial charge in [0.2, 0.25) is 11.8 Å². The summed E-state index contributed by atoms with van der Waals surface area (Å²) in [4.78, 5) is 26.9. The molecule has 2 amide bonds. The van der Waals surface area contributed by atoms with E-state index in [1.54, 1.807) is 11.8 Å². The van der Waals surface area contributed by atoms with E-state index in [4.69, 9.17) is 4.42 Å². The van der Waals surface area contributed by atoms with Gasteiger partial charge in [0.1, 0.15) is 23.1 Å². The number of nitrogens with zero attached hydrogens (tertiary/aromatic N) is 1. The van der Waals surface area contributed by atoms with E-state index in [2.05, 4.69) is 5.32 Å². The molecule has 1 N–H and O–H groups in total. The van der Waals surface area contributed by atoms with E-state index in [1.165, 1.54) is 0 Å². The Morgan fingerprint density at radius 3 is 2.52 bits per heavy atom. The molecule has 0 aliphatic carbocycles. The minimum atomic E-state index is -0.829. The van der Waals surface area contributed by atoms with Crippen molar-refractivity contribution in [2.75, 3.05) is 0 Å². The lowest BCUT2D eigenvalue weighted by atomic mass is 9.88. The van der Waals surface area contributed by atoms with Crippen molar-refractivity contribution in [2.45, 2.75) is 59.2 Å². The van der Waals surface area contributed by atoms with E-state index >= 15 is 0 Å². The molecular formula is C16H24N2O3. The molecule has 21 heavy (non-hydrogen) atoms. The zero-order chi connectivity index (χ0) is 15.8. The molecule has 0 saturated carbocycles. The van der Waals surface area contributed by atoms with E-state index in [1.807, 2.05) is 39.8 Å². The summed E-state index contributed by atoms with van der Waals surface area (Å²) in [6.07, 6.45) is 0.566. The molecule has 0 spiro atoms. The van der Waals surface area contributed by atoms with Crippen LogP contribution in [0.15, 0.2) is 16.5 Å². The lowest BCUT2D eigenvalue weighted by molar-refractivity contribution is -0.157. The van der Waals surface area contributed by atoms with Gasteiger partial charge >= 0.3 is 0 Å². The van der Waals surface area contributed by atoms with Gasteiger partial charge in [0.15, 0.2) is 0 Å². The van der Waals surface area contributed by atoms with E-state index in [9.17, 15) is 9.59 Å². The molecule has 1 aliphatic rings. The van der Waals surface area contributed by atoms with Crippen molar-refractivity contribution >= 4 is 11.8 Å². The Morgan fingerprint density at radius 1 is 1.38 bits per heavy atom. The molecule has 1 saturated heterocycles. The van der Waals surface area contributed by atoms with Crippen molar-refractivity contribution in [3.8, 4) is 0 Å². The fraction of sp³-hybridized carbons (Fsp3) is 0.625. The summed E-state index contributed by atoms with van der Waals surface area (Å²) in [6, 6.07) is 3.27. The molecule has 1 fully saturated rings. The van der Waals surface area contributed by atoms with Gasteiger partial charge in [-0.2, -0.15) is 0 Å². The Bertz CT molecular complexity index is 549. The van der Waals surface area contributed by atoms with Gasteiger partial charge in [-0.3, -0.25) is 9.59 Å². The predicted molar refractivity (Wildman–Crippen MR) is 79.5 cm³/mol. The highest BCUT2D eigenvalue weighted by Crippen LogP contribution is 2.27.